The molecule has 0 spiro atoms. The van der Waals surface area contributed by atoms with Crippen molar-refractivity contribution >= 4 is 17.2 Å². The third kappa shape index (κ3) is 4.25. The maximum absolute atomic E-state index is 13.0. The number of ether oxygens (including phenoxy) is 1. The van der Waals surface area contributed by atoms with Crippen molar-refractivity contribution in [3.8, 4) is 17.0 Å². The van der Waals surface area contributed by atoms with Crippen LogP contribution in [0.1, 0.15) is 27.4 Å². The molecule has 4 rings (SSSR count). The lowest BCUT2D eigenvalue weighted by atomic mass is 10.1. The molecule has 0 fully saturated rings. The molecule has 3 heterocycles. The van der Waals surface area contributed by atoms with Crippen molar-refractivity contribution in [1.82, 2.24) is 19.6 Å². The molecule has 0 bridgehead atoms. The van der Waals surface area contributed by atoms with Gasteiger partial charge in [0.1, 0.15) is 5.75 Å². The lowest BCUT2D eigenvalue weighted by Crippen LogP contribution is -2.18. The first kappa shape index (κ1) is 21.3. The fraction of sp³-hybridized carbons (Fsp3) is 0.182. The van der Waals surface area contributed by atoms with E-state index in [0.29, 0.717) is 22.6 Å². The molecular weight excluding hydrogens is 423 g/mol. The molecule has 1 aromatic carbocycles. The Morgan fingerprint density at radius 3 is 2.56 bits per heavy atom. The van der Waals surface area contributed by atoms with Gasteiger partial charge in [0, 0.05) is 23.1 Å². The van der Waals surface area contributed by atoms with E-state index < -0.39 is 12.3 Å². The van der Waals surface area contributed by atoms with Gasteiger partial charge in [0.2, 0.25) is 0 Å². The average molecular weight is 441 g/mol. The number of para-hydroxylation sites is 1. The van der Waals surface area contributed by atoms with Gasteiger partial charge in [-0.3, -0.25) is 9.78 Å². The van der Waals surface area contributed by atoms with Crippen molar-refractivity contribution in [3.05, 3.63) is 71.3 Å². The van der Waals surface area contributed by atoms with E-state index in [0.717, 1.165) is 5.69 Å². The predicted molar refractivity (Wildman–Crippen MR) is 112 cm³/mol. The van der Waals surface area contributed by atoms with Gasteiger partial charge < -0.3 is 10.1 Å². The maximum atomic E-state index is 13.0. The highest BCUT2D eigenvalue weighted by molar-refractivity contribution is 6.04. The highest BCUT2D eigenvalue weighted by atomic mass is 19.4. The van der Waals surface area contributed by atoms with E-state index in [1.54, 1.807) is 51.2 Å². The summed E-state index contributed by atoms with van der Waals surface area (Å²) >= 11 is 0. The molecule has 10 heteroatoms. The third-order valence-electron chi connectivity index (χ3n) is 4.70. The molecule has 3 aromatic heterocycles. The molecule has 32 heavy (non-hydrogen) atoms. The second-order valence-corrected chi connectivity index (χ2v) is 7.18. The van der Waals surface area contributed by atoms with E-state index in [4.69, 9.17) is 0 Å². The molecule has 0 saturated heterocycles. The monoisotopic (exact) mass is 441 g/mol. The molecule has 7 nitrogen and oxygen atoms in total. The first-order chi connectivity index (χ1) is 15.1. The summed E-state index contributed by atoms with van der Waals surface area (Å²) in [7, 11) is 0. The van der Waals surface area contributed by atoms with Gasteiger partial charge in [-0.05, 0) is 56.7 Å². The lowest BCUT2D eigenvalue weighted by molar-refractivity contribution is -0.274. The van der Waals surface area contributed by atoms with Crippen molar-refractivity contribution in [1.29, 1.82) is 0 Å². The number of pyridine rings is 1. The molecule has 1 N–H and O–H groups in total. The average Bonchev–Trinajstić information content (AvgIpc) is 3.04. The Bertz CT molecular complexity index is 1330. The zero-order valence-electron chi connectivity index (χ0n) is 17.4. The second-order valence-electron chi connectivity index (χ2n) is 7.18. The number of halogens is 3. The summed E-state index contributed by atoms with van der Waals surface area (Å²) in [6.45, 7) is 5.21. The van der Waals surface area contributed by atoms with Gasteiger partial charge in [0.25, 0.3) is 5.91 Å². The topological polar surface area (TPSA) is 81.4 Å². The Morgan fingerprint density at radius 1 is 1.09 bits per heavy atom. The van der Waals surface area contributed by atoms with Gasteiger partial charge in [-0.25, -0.2) is 9.50 Å². The summed E-state index contributed by atoms with van der Waals surface area (Å²) in [4.78, 5) is 21.5. The summed E-state index contributed by atoms with van der Waals surface area (Å²) < 4.78 is 44.1. The van der Waals surface area contributed by atoms with Crippen molar-refractivity contribution in [2.24, 2.45) is 0 Å². The summed E-state index contributed by atoms with van der Waals surface area (Å²) in [5.74, 6) is -0.842. The molecule has 0 radical (unpaired) electrons. The van der Waals surface area contributed by atoms with Crippen LogP contribution < -0.4 is 10.1 Å². The fourth-order valence-electron chi connectivity index (χ4n) is 3.37. The van der Waals surface area contributed by atoms with Crippen LogP contribution in [0.3, 0.4) is 0 Å². The normalized spacial score (nSPS) is 11.6. The zero-order valence-corrected chi connectivity index (χ0v) is 17.4. The third-order valence-corrected chi connectivity index (χ3v) is 4.70. The van der Waals surface area contributed by atoms with Crippen molar-refractivity contribution in [2.75, 3.05) is 5.32 Å². The van der Waals surface area contributed by atoms with E-state index in [1.807, 2.05) is 0 Å². The van der Waals surface area contributed by atoms with Crippen molar-refractivity contribution in [2.45, 2.75) is 27.1 Å². The Labute approximate surface area is 180 Å². The molecule has 1 amide bonds. The largest absolute Gasteiger partial charge is 0.573 e. The minimum Gasteiger partial charge on any atom is -0.405 e. The fourth-order valence-corrected chi connectivity index (χ4v) is 3.37. The van der Waals surface area contributed by atoms with Crippen LogP contribution in [0.2, 0.25) is 0 Å². The number of carbonyl (C=O) groups excluding carboxylic acids is 1. The molecule has 0 aliphatic heterocycles. The maximum Gasteiger partial charge on any atom is 0.573 e. The molecule has 0 aliphatic rings. The van der Waals surface area contributed by atoms with Crippen LogP contribution in [0.4, 0.5) is 18.9 Å². The number of carbonyl (C=O) groups is 1. The first-order valence-corrected chi connectivity index (χ1v) is 9.58. The molecule has 0 saturated carbocycles. The summed E-state index contributed by atoms with van der Waals surface area (Å²) in [6.07, 6.45) is -3.28. The Morgan fingerprint density at radius 2 is 1.84 bits per heavy atom. The summed E-state index contributed by atoms with van der Waals surface area (Å²) in [6, 6.07) is 10.7. The highest BCUT2D eigenvalue weighted by Gasteiger charge is 2.32. The predicted octanol–water partition coefficient (Wildman–Crippen LogP) is 4.87. The molecule has 0 unspecified atom stereocenters. The Kier molecular flexibility index (Phi) is 5.29. The van der Waals surface area contributed by atoms with Gasteiger partial charge in [0.15, 0.2) is 11.3 Å². The first-order valence-electron chi connectivity index (χ1n) is 9.58. The summed E-state index contributed by atoms with van der Waals surface area (Å²) in [5.41, 5.74) is 3.30. The quantitative estimate of drug-likeness (QED) is 0.489. The number of hydrogen-bond donors (Lipinski definition) is 1. The van der Waals surface area contributed by atoms with Crippen LogP contribution in [0, 0.1) is 20.8 Å². The van der Waals surface area contributed by atoms with Gasteiger partial charge in [-0.15, -0.1) is 13.2 Å². The van der Waals surface area contributed by atoms with Crippen LogP contribution in [0.25, 0.3) is 16.9 Å². The van der Waals surface area contributed by atoms with Crippen LogP contribution >= 0.6 is 0 Å². The molecule has 0 aliphatic carbocycles. The zero-order chi connectivity index (χ0) is 23.0. The van der Waals surface area contributed by atoms with Crippen molar-refractivity contribution in [3.63, 3.8) is 0 Å². The van der Waals surface area contributed by atoms with Gasteiger partial charge >= 0.3 is 6.36 Å². The lowest BCUT2D eigenvalue weighted by Gasteiger charge is -2.13. The number of imidazole rings is 1. The van der Waals surface area contributed by atoms with Crippen LogP contribution in [0.5, 0.6) is 5.75 Å². The number of anilines is 1. The molecule has 164 valence electrons. The number of aromatic nitrogens is 4. The number of rotatable bonds is 4. The van der Waals surface area contributed by atoms with Crippen LogP contribution in [-0.4, -0.2) is 31.9 Å². The number of nitrogens with one attached hydrogen (secondary N) is 1. The minimum absolute atomic E-state index is 0.136. The molecular formula is C22H18F3N5O2. The van der Waals surface area contributed by atoms with E-state index >= 15 is 0 Å². The number of amides is 1. The second kappa shape index (κ2) is 7.95. The number of aryl methyl sites for hydroxylation is 3. The highest BCUT2D eigenvalue weighted by Crippen LogP contribution is 2.33. The molecule has 0 atom stereocenters. The summed E-state index contributed by atoms with van der Waals surface area (Å²) in [5, 5.41) is 7.22. The van der Waals surface area contributed by atoms with E-state index in [1.165, 1.54) is 22.7 Å². The Hall–Kier alpha value is -3.95. The van der Waals surface area contributed by atoms with E-state index in [9.17, 15) is 18.0 Å². The number of alkyl halides is 3. The van der Waals surface area contributed by atoms with E-state index in [-0.39, 0.29) is 22.7 Å². The SMILES string of the molecule is Cc1cc(NC(=O)c2c(C)nc3c(C)cc(-c4ccccc4OC(F)(F)F)nn23)ccn1. The number of hydrogen-bond acceptors (Lipinski definition) is 5. The Balaban J connectivity index is 1.81. The van der Waals surface area contributed by atoms with Gasteiger partial charge in [-0.2, -0.15) is 5.10 Å². The molecule has 4 aromatic rings. The van der Waals surface area contributed by atoms with Crippen molar-refractivity contribution < 1.29 is 22.7 Å². The smallest absolute Gasteiger partial charge is 0.405 e. The number of nitrogens with zero attached hydrogens (tertiary/aromatic N) is 4. The van der Waals surface area contributed by atoms with Gasteiger partial charge in [0.05, 0.1) is 11.4 Å². The van der Waals surface area contributed by atoms with Gasteiger partial charge in [-0.1, -0.05) is 12.1 Å². The number of benzene rings is 1. The standard InChI is InChI=1S/C22H18F3N5O2/c1-12-10-17(16-6-4-5-7-18(16)32-22(23,24)25)29-30-19(14(3)27-20(12)30)21(31)28-15-8-9-26-13(2)11-15/h4-11H,1-3H3,(H,26,28,31). The van der Waals surface area contributed by atoms with E-state index in [2.05, 4.69) is 25.1 Å². The number of fused-ring (bicyclic) bond motifs is 1. The van der Waals surface area contributed by atoms with Crippen LogP contribution in [0.15, 0.2) is 48.7 Å². The minimum atomic E-state index is -4.85. The van der Waals surface area contributed by atoms with Crippen LogP contribution in [-0.2, 0) is 0 Å².